The van der Waals surface area contributed by atoms with Gasteiger partial charge in [-0.15, -0.1) is 17.0 Å². The number of aromatic hydroxyl groups is 1. The van der Waals surface area contributed by atoms with Crippen molar-refractivity contribution in [2.75, 3.05) is 31.6 Å². The molecule has 0 radical (unpaired) electrons. The summed E-state index contributed by atoms with van der Waals surface area (Å²) in [5.41, 5.74) is 8.93. The summed E-state index contributed by atoms with van der Waals surface area (Å²) in [5, 5.41) is 21.8. The quantitative estimate of drug-likeness (QED) is 0.118. The number of rotatable bonds is 17. The molecule has 0 atom stereocenters. The van der Waals surface area contributed by atoms with Crippen molar-refractivity contribution in [3.05, 3.63) is 95.1 Å². The molecule has 8 nitrogen and oxygen atoms in total. The van der Waals surface area contributed by atoms with Crippen LogP contribution in [0.5, 0.6) is 5.75 Å². The molecule has 216 valence electrons. The third kappa shape index (κ3) is 11.9. The fraction of sp³-hybridized carbons (Fsp3) is 0.355. The number of unbranched alkanes of at least 4 members (excludes halogenated alkanes) is 3. The molecule has 9 heteroatoms. The van der Waals surface area contributed by atoms with Crippen molar-refractivity contribution in [3.8, 4) is 5.75 Å². The van der Waals surface area contributed by atoms with E-state index >= 15 is 0 Å². The van der Waals surface area contributed by atoms with Crippen LogP contribution < -0.4 is 11.1 Å². The summed E-state index contributed by atoms with van der Waals surface area (Å²) in [6.07, 6.45) is 4.86. The van der Waals surface area contributed by atoms with Gasteiger partial charge in [0.1, 0.15) is 5.75 Å². The first kappa shape index (κ1) is 33.0. The van der Waals surface area contributed by atoms with Gasteiger partial charge in [0.05, 0.1) is 19.8 Å². The SMILES string of the molecule is Br.NC(=O)Nc1ccc(CCOCCCCCCN(CC(=O)c2ccc(O)c(CO)c2)Cc2ccccc2)cc1. The summed E-state index contributed by atoms with van der Waals surface area (Å²) in [6.45, 7) is 2.79. The lowest BCUT2D eigenvalue weighted by Gasteiger charge is -2.22. The normalized spacial score (nSPS) is 10.8. The van der Waals surface area contributed by atoms with Crippen LogP contribution >= 0.6 is 17.0 Å². The Hall–Kier alpha value is -3.24. The highest BCUT2D eigenvalue weighted by Crippen LogP contribution is 2.19. The number of urea groups is 1. The van der Waals surface area contributed by atoms with Crippen LogP contribution in [-0.4, -0.2) is 53.2 Å². The summed E-state index contributed by atoms with van der Waals surface area (Å²) >= 11 is 0. The van der Waals surface area contributed by atoms with E-state index in [1.54, 1.807) is 12.1 Å². The second kappa shape index (κ2) is 18.2. The third-order valence-electron chi connectivity index (χ3n) is 6.46. The highest BCUT2D eigenvalue weighted by molar-refractivity contribution is 8.93. The number of ether oxygens (including phenoxy) is 1. The Balaban J connectivity index is 0.00000560. The minimum Gasteiger partial charge on any atom is -0.508 e. The highest BCUT2D eigenvalue weighted by Gasteiger charge is 2.15. The molecule has 0 aliphatic carbocycles. The molecular formula is C31H40BrN3O5. The number of nitrogens with one attached hydrogen (secondary N) is 1. The van der Waals surface area contributed by atoms with Crippen molar-refractivity contribution in [1.82, 2.24) is 4.90 Å². The average Bonchev–Trinajstić information content (AvgIpc) is 2.93. The number of aliphatic hydroxyl groups excluding tert-OH is 1. The van der Waals surface area contributed by atoms with E-state index in [1.165, 1.54) is 6.07 Å². The van der Waals surface area contributed by atoms with Crippen LogP contribution in [0.4, 0.5) is 10.5 Å². The zero-order valence-corrected chi connectivity index (χ0v) is 24.5. The number of primary amides is 1. The van der Waals surface area contributed by atoms with E-state index in [0.29, 0.717) is 36.6 Å². The number of Topliss-reactive ketones (excluding diaryl/α,β-unsaturated/α-hetero) is 1. The van der Waals surface area contributed by atoms with Crippen LogP contribution in [0.3, 0.4) is 0 Å². The van der Waals surface area contributed by atoms with Gasteiger partial charge in [-0.2, -0.15) is 0 Å². The predicted octanol–water partition coefficient (Wildman–Crippen LogP) is 5.46. The summed E-state index contributed by atoms with van der Waals surface area (Å²) in [7, 11) is 0. The molecule has 0 fully saturated rings. The summed E-state index contributed by atoms with van der Waals surface area (Å²) in [6, 6.07) is 21.7. The first-order valence-electron chi connectivity index (χ1n) is 13.4. The van der Waals surface area contributed by atoms with Crippen molar-refractivity contribution in [2.45, 2.75) is 45.3 Å². The van der Waals surface area contributed by atoms with Crippen LogP contribution in [0.15, 0.2) is 72.8 Å². The number of hydrogen-bond donors (Lipinski definition) is 4. The van der Waals surface area contributed by atoms with Crippen molar-refractivity contribution in [3.63, 3.8) is 0 Å². The number of ketones is 1. The molecule has 0 aromatic heterocycles. The molecule has 0 bridgehead atoms. The van der Waals surface area contributed by atoms with E-state index < -0.39 is 6.03 Å². The molecule has 0 aliphatic heterocycles. The highest BCUT2D eigenvalue weighted by atomic mass is 79.9. The van der Waals surface area contributed by atoms with Crippen LogP contribution in [0.1, 0.15) is 52.7 Å². The summed E-state index contributed by atoms with van der Waals surface area (Å²) in [4.78, 5) is 26.0. The Labute approximate surface area is 246 Å². The maximum Gasteiger partial charge on any atom is 0.316 e. The van der Waals surface area contributed by atoms with Crippen LogP contribution in [0.2, 0.25) is 0 Å². The standard InChI is InChI=1S/C31H39N3O5.BrH/c32-31(38)33-28-13-10-24(11-14-28)16-19-39-18-7-2-1-6-17-34(21-25-8-4-3-5-9-25)22-30(37)26-12-15-29(36)27(20-26)23-35;/h3-5,8-15,20,35-36H,1-2,6-7,16-19,21-23H2,(H3,32,33,38);1H. The molecule has 0 aliphatic rings. The molecule has 3 rings (SSSR count). The second-order valence-corrected chi connectivity index (χ2v) is 9.58. The zero-order valence-electron chi connectivity index (χ0n) is 22.8. The molecule has 3 aromatic rings. The topological polar surface area (TPSA) is 125 Å². The van der Waals surface area contributed by atoms with Gasteiger partial charge < -0.3 is 26.0 Å². The Bertz CT molecular complexity index is 1180. The van der Waals surface area contributed by atoms with Gasteiger partial charge in [0.15, 0.2) is 5.78 Å². The van der Waals surface area contributed by atoms with Crippen molar-refractivity contribution >= 4 is 34.5 Å². The van der Waals surface area contributed by atoms with E-state index in [1.807, 2.05) is 42.5 Å². The Morgan fingerprint density at radius 1 is 0.875 bits per heavy atom. The lowest BCUT2D eigenvalue weighted by atomic mass is 10.1. The van der Waals surface area contributed by atoms with E-state index in [9.17, 15) is 19.8 Å². The first-order valence-corrected chi connectivity index (χ1v) is 13.4. The van der Waals surface area contributed by atoms with Gasteiger partial charge in [0.2, 0.25) is 0 Å². The van der Waals surface area contributed by atoms with E-state index in [4.69, 9.17) is 10.5 Å². The molecule has 0 saturated heterocycles. The monoisotopic (exact) mass is 613 g/mol. The van der Waals surface area contributed by atoms with Gasteiger partial charge in [-0.25, -0.2) is 4.79 Å². The third-order valence-corrected chi connectivity index (χ3v) is 6.46. The lowest BCUT2D eigenvalue weighted by molar-refractivity contribution is 0.0923. The summed E-state index contributed by atoms with van der Waals surface area (Å²) in [5.74, 6) is -0.0414. The largest absolute Gasteiger partial charge is 0.508 e. The van der Waals surface area contributed by atoms with Crippen LogP contribution in [0, 0.1) is 0 Å². The zero-order chi connectivity index (χ0) is 27.9. The van der Waals surface area contributed by atoms with Crippen LogP contribution in [-0.2, 0) is 24.3 Å². The fourth-order valence-corrected chi connectivity index (χ4v) is 4.32. The lowest BCUT2D eigenvalue weighted by Crippen LogP contribution is -2.30. The van der Waals surface area contributed by atoms with Crippen molar-refractivity contribution in [2.24, 2.45) is 5.73 Å². The van der Waals surface area contributed by atoms with Crippen molar-refractivity contribution < 1.29 is 24.5 Å². The van der Waals surface area contributed by atoms with E-state index in [0.717, 1.165) is 49.8 Å². The van der Waals surface area contributed by atoms with E-state index in [2.05, 4.69) is 22.3 Å². The molecule has 0 heterocycles. The molecule has 5 N–H and O–H groups in total. The smallest absolute Gasteiger partial charge is 0.316 e. The molecule has 0 spiro atoms. The molecule has 0 unspecified atom stereocenters. The minimum absolute atomic E-state index is 0. The fourth-order valence-electron chi connectivity index (χ4n) is 4.32. The maximum atomic E-state index is 13.0. The Kier molecular flexibility index (Phi) is 15.0. The number of nitrogens with zero attached hydrogens (tertiary/aromatic N) is 1. The van der Waals surface area contributed by atoms with Crippen molar-refractivity contribution in [1.29, 1.82) is 0 Å². The number of hydrogen-bond acceptors (Lipinski definition) is 6. The number of anilines is 1. The molecule has 3 aromatic carbocycles. The molecule has 2 amide bonds. The number of halogens is 1. The summed E-state index contributed by atoms with van der Waals surface area (Å²) < 4.78 is 5.79. The number of amides is 2. The Morgan fingerprint density at radius 2 is 1.60 bits per heavy atom. The van der Waals surface area contributed by atoms with Gasteiger partial charge in [-0.3, -0.25) is 9.69 Å². The number of carbonyl (C=O) groups excluding carboxylic acids is 2. The number of phenols is 1. The van der Waals surface area contributed by atoms with Crippen LogP contribution in [0.25, 0.3) is 0 Å². The predicted molar refractivity (Wildman–Crippen MR) is 163 cm³/mol. The number of aliphatic hydroxyl groups is 1. The van der Waals surface area contributed by atoms with Gasteiger partial charge in [-0.1, -0.05) is 55.3 Å². The minimum atomic E-state index is -0.574. The van der Waals surface area contributed by atoms with Gasteiger partial charge in [-0.05, 0) is 67.3 Å². The van der Waals surface area contributed by atoms with E-state index in [-0.39, 0.29) is 41.7 Å². The number of carbonyl (C=O) groups is 2. The number of benzene rings is 3. The molecular weight excluding hydrogens is 574 g/mol. The average molecular weight is 615 g/mol. The number of nitrogens with two attached hydrogens (primary N) is 1. The van der Waals surface area contributed by atoms with Gasteiger partial charge in [0, 0.05) is 30.0 Å². The second-order valence-electron chi connectivity index (χ2n) is 9.58. The Morgan fingerprint density at radius 3 is 2.30 bits per heavy atom. The first-order chi connectivity index (χ1) is 18.9. The maximum absolute atomic E-state index is 13.0. The molecule has 40 heavy (non-hydrogen) atoms. The van der Waals surface area contributed by atoms with Gasteiger partial charge >= 0.3 is 6.03 Å². The molecule has 0 saturated carbocycles. The van der Waals surface area contributed by atoms with Gasteiger partial charge in [0.25, 0.3) is 0 Å².